The standard InChI is InChI=1S/C30H64P/c1-8-9-10-11-12-13-14-15-16-17-18-19-20-21-22-23-24-31(25-28(2)3,26-29(4)5)27-30(6)7/h28-30H,8-27H2,1-7H3/q+1. The fourth-order valence-corrected chi connectivity index (χ4v) is 12.4. The molecule has 0 rings (SSSR count). The Hall–Kier alpha value is 0.430. The van der Waals surface area contributed by atoms with Crippen LogP contribution in [0, 0.1) is 17.8 Å². The van der Waals surface area contributed by atoms with Crippen LogP contribution in [0.4, 0.5) is 0 Å². The van der Waals surface area contributed by atoms with Gasteiger partial charge in [0.1, 0.15) is 0 Å². The van der Waals surface area contributed by atoms with Gasteiger partial charge >= 0.3 is 0 Å². The van der Waals surface area contributed by atoms with Gasteiger partial charge in [0.05, 0.1) is 24.6 Å². The van der Waals surface area contributed by atoms with E-state index in [0.29, 0.717) is 0 Å². The third-order valence-electron chi connectivity index (χ3n) is 6.74. The monoisotopic (exact) mass is 455 g/mol. The van der Waals surface area contributed by atoms with E-state index in [1.807, 2.05) is 0 Å². The number of unbranched alkanes of at least 4 members (excludes halogenated alkanes) is 15. The predicted molar refractivity (Wildman–Crippen MR) is 150 cm³/mol. The van der Waals surface area contributed by atoms with Crippen molar-refractivity contribution in [3.8, 4) is 0 Å². The number of hydrogen-bond acceptors (Lipinski definition) is 0. The summed E-state index contributed by atoms with van der Waals surface area (Å²) in [5, 5.41) is 0. The van der Waals surface area contributed by atoms with Crippen LogP contribution >= 0.6 is 7.26 Å². The van der Waals surface area contributed by atoms with Crippen LogP contribution in [-0.4, -0.2) is 24.6 Å². The Kier molecular flexibility index (Phi) is 21.3. The molecule has 0 unspecified atom stereocenters. The average molecular weight is 456 g/mol. The van der Waals surface area contributed by atoms with Crippen LogP contribution in [0.25, 0.3) is 0 Å². The minimum Gasteiger partial charge on any atom is -0.0654 e. The zero-order valence-corrected chi connectivity index (χ0v) is 24.2. The highest BCUT2D eigenvalue weighted by atomic mass is 31.2. The molecule has 0 aromatic carbocycles. The normalized spacial score (nSPS) is 12.6. The Morgan fingerprint density at radius 2 is 0.645 bits per heavy atom. The van der Waals surface area contributed by atoms with Crippen LogP contribution < -0.4 is 0 Å². The van der Waals surface area contributed by atoms with Crippen molar-refractivity contribution in [3.05, 3.63) is 0 Å². The second-order valence-electron chi connectivity index (χ2n) is 12.1. The highest BCUT2D eigenvalue weighted by Crippen LogP contribution is 2.62. The molecule has 0 spiro atoms. The second-order valence-corrected chi connectivity index (χ2v) is 16.3. The van der Waals surface area contributed by atoms with Gasteiger partial charge < -0.3 is 0 Å². The van der Waals surface area contributed by atoms with E-state index in [0.717, 1.165) is 17.8 Å². The fraction of sp³-hybridized carbons (Fsp3) is 1.00. The van der Waals surface area contributed by atoms with Gasteiger partial charge in [-0.15, -0.1) is 0 Å². The lowest BCUT2D eigenvalue weighted by Crippen LogP contribution is -2.20. The molecule has 0 saturated heterocycles. The summed E-state index contributed by atoms with van der Waals surface area (Å²) in [4.78, 5) is 0. The molecule has 0 nitrogen and oxygen atoms in total. The third-order valence-corrected chi connectivity index (χ3v) is 12.5. The summed E-state index contributed by atoms with van der Waals surface area (Å²) in [6, 6.07) is 0. The van der Waals surface area contributed by atoms with Crippen LogP contribution in [0.2, 0.25) is 0 Å². The van der Waals surface area contributed by atoms with Crippen LogP contribution in [0.1, 0.15) is 151 Å². The summed E-state index contributed by atoms with van der Waals surface area (Å²) in [5.41, 5.74) is 0. The Morgan fingerprint density at radius 1 is 0.387 bits per heavy atom. The molecule has 0 fully saturated rings. The Bertz CT molecular complexity index is 331. The molecule has 0 aromatic heterocycles. The highest BCUT2D eigenvalue weighted by molar-refractivity contribution is 7.75. The number of rotatable bonds is 23. The maximum atomic E-state index is 2.46. The van der Waals surface area contributed by atoms with Gasteiger partial charge in [-0.25, -0.2) is 0 Å². The zero-order valence-electron chi connectivity index (χ0n) is 23.3. The molecule has 0 heterocycles. The third kappa shape index (κ3) is 20.7. The van der Waals surface area contributed by atoms with Gasteiger partial charge in [-0.1, -0.05) is 138 Å². The SMILES string of the molecule is CCCCCCCCCCCCCCCCCC[P+](CC(C)C)(CC(C)C)CC(C)C. The Labute approximate surface area is 200 Å². The molecule has 0 atom stereocenters. The molecule has 0 aromatic rings. The summed E-state index contributed by atoms with van der Waals surface area (Å²) in [7, 11) is -0.753. The largest absolute Gasteiger partial charge is 0.0654 e. The molecule has 0 aliphatic heterocycles. The summed E-state index contributed by atoms with van der Waals surface area (Å²) < 4.78 is 0. The van der Waals surface area contributed by atoms with E-state index in [1.165, 1.54) is 103 Å². The molecule has 0 saturated carbocycles. The van der Waals surface area contributed by atoms with Gasteiger partial charge in [-0.05, 0) is 30.6 Å². The molecular formula is C30H64P+. The topological polar surface area (TPSA) is 0 Å². The minimum absolute atomic E-state index is 0.753. The van der Waals surface area contributed by atoms with Gasteiger partial charge in [0, 0.05) is 7.26 Å². The first-order valence-electron chi connectivity index (χ1n) is 14.7. The lowest BCUT2D eigenvalue weighted by molar-refractivity contribution is 0.531. The summed E-state index contributed by atoms with van der Waals surface area (Å²) in [6.45, 7) is 17.1. The van der Waals surface area contributed by atoms with Gasteiger partial charge in [-0.3, -0.25) is 0 Å². The zero-order chi connectivity index (χ0) is 23.4. The molecule has 0 aliphatic rings. The first-order valence-corrected chi connectivity index (χ1v) is 17.2. The smallest absolute Gasteiger partial charge is 0.0617 e. The van der Waals surface area contributed by atoms with Crippen molar-refractivity contribution in [1.82, 2.24) is 0 Å². The first kappa shape index (κ1) is 31.4. The Morgan fingerprint density at radius 3 is 0.903 bits per heavy atom. The molecule has 1 heteroatoms. The highest BCUT2D eigenvalue weighted by Gasteiger charge is 2.38. The van der Waals surface area contributed by atoms with Gasteiger partial charge in [0.15, 0.2) is 0 Å². The molecule has 188 valence electrons. The molecule has 0 amide bonds. The van der Waals surface area contributed by atoms with Gasteiger partial charge in [0.2, 0.25) is 0 Å². The van der Waals surface area contributed by atoms with Crippen molar-refractivity contribution in [2.45, 2.75) is 151 Å². The maximum Gasteiger partial charge on any atom is 0.0617 e. The summed E-state index contributed by atoms with van der Waals surface area (Å²) in [5.74, 6) is 2.64. The summed E-state index contributed by atoms with van der Waals surface area (Å²) >= 11 is 0. The van der Waals surface area contributed by atoms with Crippen molar-refractivity contribution < 1.29 is 0 Å². The molecule has 0 radical (unpaired) electrons. The van der Waals surface area contributed by atoms with Crippen molar-refractivity contribution >= 4 is 7.26 Å². The second kappa shape index (κ2) is 21.0. The van der Waals surface area contributed by atoms with E-state index >= 15 is 0 Å². The molecule has 31 heavy (non-hydrogen) atoms. The molecular weight excluding hydrogens is 391 g/mol. The van der Waals surface area contributed by atoms with Crippen molar-refractivity contribution in [3.63, 3.8) is 0 Å². The van der Waals surface area contributed by atoms with Crippen molar-refractivity contribution in [2.24, 2.45) is 17.8 Å². The quantitative estimate of drug-likeness (QED) is 0.106. The van der Waals surface area contributed by atoms with Crippen LogP contribution in [0.3, 0.4) is 0 Å². The molecule has 0 aliphatic carbocycles. The van der Waals surface area contributed by atoms with E-state index < -0.39 is 7.26 Å². The minimum atomic E-state index is -0.753. The van der Waals surface area contributed by atoms with Crippen molar-refractivity contribution in [2.75, 3.05) is 24.6 Å². The van der Waals surface area contributed by atoms with E-state index in [2.05, 4.69) is 48.5 Å². The molecule has 0 N–H and O–H groups in total. The van der Waals surface area contributed by atoms with Gasteiger partial charge in [0.25, 0.3) is 0 Å². The van der Waals surface area contributed by atoms with Crippen LogP contribution in [-0.2, 0) is 0 Å². The van der Waals surface area contributed by atoms with Gasteiger partial charge in [-0.2, -0.15) is 0 Å². The lowest BCUT2D eigenvalue weighted by atomic mass is 10.0. The van der Waals surface area contributed by atoms with Crippen LogP contribution in [0.5, 0.6) is 0 Å². The Balaban J connectivity index is 3.78. The van der Waals surface area contributed by atoms with E-state index in [9.17, 15) is 0 Å². The maximum absolute atomic E-state index is 2.46. The number of hydrogen-bond donors (Lipinski definition) is 0. The van der Waals surface area contributed by atoms with Crippen LogP contribution in [0.15, 0.2) is 0 Å². The predicted octanol–water partition coefficient (Wildman–Crippen LogP) is 11.2. The average Bonchev–Trinajstić information content (AvgIpc) is 2.66. The summed E-state index contributed by atoms with van der Waals surface area (Å²) in [6.07, 6.45) is 29.8. The lowest BCUT2D eigenvalue weighted by Gasteiger charge is -2.32. The first-order chi connectivity index (χ1) is 14.8. The van der Waals surface area contributed by atoms with Crippen molar-refractivity contribution in [1.29, 1.82) is 0 Å². The van der Waals surface area contributed by atoms with E-state index in [1.54, 1.807) is 24.6 Å². The fourth-order valence-electron chi connectivity index (χ4n) is 5.82. The van der Waals surface area contributed by atoms with E-state index in [-0.39, 0.29) is 0 Å². The van der Waals surface area contributed by atoms with E-state index in [4.69, 9.17) is 0 Å². The molecule has 0 bridgehead atoms.